The molecule has 17 heavy (non-hydrogen) atoms. The summed E-state index contributed by atoms with van der Waals surface area (Å²) in [7, 11) is 1.66. The molecule has 0 saturated carbocycles. The molecule has 0 unspecified atom stereocenters. The largest absolute Gasteiger partial charge is 0.480 e. The molecule has 7 nitrogen and oxygen atoms in total. The predicted octanol–water partition coefficient (Wildman–Crippen LogP) is 0.183. The monoisotopic (exact) mass is 233 g/mol. The van der Waals surface area contributed by atoms with E-state index in [0.29, 0.717) is 11.6 Å². The molecule has 0 radical (unpaired) electrons. The van der Waals surface area contributed by atoms with Crippen LogP contribution in [0.25, 0.3) is 5.82 Å². The lowest BCUT2D eigenvalue weighted by atomic mass is 10.4. The van der Waals surface area contributed by atoms with Crippen LogP contribution in [0.15, 0.2) is 30.9 Å². The van der Waals surface area contributed by atoms with E-state index in [1.54, 1.807) is 36.3 Å². The molecule has 2 rings (SSSR count). The SMILES string of the molecule is CN(CC(=O)O)c1cc(-n2cccn2)ncn1. The fraction of sp³-hybridized carbons (Fsp3) is 0.200. The summed E-state index contributed by atoms with van der Waals surface area (Å²) in [4.78, 5) is 20.2. The average molecular weight is 233 g/mol. The topological polar surface area (TPSA) is 84.1 Å². The van der Waals surface area contributed by atoms with Crippen LogP contribution in [0.3, 0.4) is 0 Å². The molecule has 2 aromatic rings. The summed E-state index contributed by atoms with van der Waals surface area (Å²) >= 11 is 0. The minimum atomic E-state index is -0.910. The van der Waals surface area contributed by atoms with Crippen molar-refractivity contribution in [3.63, 3.8) is 0 Å². The third-order valence-electron chi connectivity index (χ3n) is 2.14. The lowest BCUT2D eigenvalue weighted by molar-refractivity contribution is -0.135. The van der Waals surface area contributed by atoms with E-state index >= 15 is 0 Å². The highest BCUT2D eigenvalue weighted by molar-refractivity contribution is 5.73. The van der Waals surface area contributed by atoms with Gasteiger partial charge in [-0.2, -0.15) is 5.10 Å². The molecule has 7 heteroatoms. The van der Waals surface area contributed by atoms with Gasteiger partial charge in [-0.25, -0.2) is 14.6 Å². The first-order valence-corrected chi connectivity index (χ1v) is 4.92. The Bertz CT molecular complexity index is 511. The van der Waals surface area contributed by atoms with Crippen molar-refractivity contribution in [1.82, 2.24) is 19.7 Å². The smallest absolute Gasteiger partial charge is 0.323 e. The minimum absolute atomic E-state index is 0.116. The maximum absolute atomic E-state index is 10.6. The molecule has 0 aliphatic rings. The number of aliphatic carboxylic acids is 1. The van der Waals surface area contributed by atoms with Gasteiger partial charge < -0.3 is 10.0 Å². The van der Waals surface area contributed by atoms with Gasteiger partial charge in [-0.15, -0.1) is 0 Å². The third-order valence-corrected chi connectivity index (χ3v) is 2.14. The Morgan fingerprint density at radius 1 is 1.53 bits per heavy atom. The van der Waals surface area contributed by atoms with Crippen LogP contribution >= 0.6 is 0 Å². The highest BCUT2D eigenvalue weighted by Gasteiger charge is 2.08. The zero-order valence-electron chi connectivity index (χ0n) is 9.19. The number of hydrogen-bond donors (Lipinski definition) is 1. The van der Waals surface area contributed by atoms with Crippen molar-refractivity contribution < 1.29 is 9.90 Å². The number of anilines is 1. The predicted molar refractivity (Wildman–Crippen MR) is 60.1 cm³/mol. The first-order valence-electron chi connectivity index (χ1n) is 4.92. The summed E-state index contributed by atoms with van der Waals surface area (Å²) in [6.45, 7) is -0.116. The number of carbonyl (C=O) groups is 1. The van der Waals surface area contributed by atoms with Crippen LogP contribution in [0.4, 0.5) is 5.82 Å². The number of carboxylic acid groups (broad SMARTS) is 1. The van der Waals surface area contributed by atoms with Gasteiger partial charge in [-0.05, 0) is 6.07 Å². The maximum Gasteiger partial charge on any atom is 0.323 e. The Labute approximate surface area is 97.3 Å². The minimum Gasteiger partial charge on any atom is -0.480 e. The molecule has 0 aliphatic carbocycles. The van der Waals surface area contributed by atoms with Gasteiger partial charge in [0, 0.05) is 25.5 Å². The number of carboxylic acids is 1. The van der Waals surface area contributed by atoms with Gasteiger partial charge in [-0.3, -0.25) is 4.79 Å². The van der Waals surface area contributed by atoms with Gasteiger partial charge in [0.1, 0.15) is 18.7 Å². The third kappa shape index (κ3) is 2.57. The van der Waals surface area contributed by atoms with E-state index in [4.69, 9.17) is 5.11 Å². The van der Waals surface area contributed by atoms with Crippen molar-refractivity contribution in [3.8, 4) is 5.82 Å². The van der Waals surface area contributed by atoms with Crippen LogP contribution in [0.1, 0.15) is 0 Å². The van der Waals surface area contributed by atoms with Crippen molar-refractivity contribution in [2.75, 3.05) is 18.5 Å². The van der Waals surface area contributed by atoms with Crippen molar-refractivity contribution >= 4 is 11.8 Å². The van der Waals surface area contributed by atoms with Crippen LogP contribution < -0.4 is 4.90 Å². The van der Waals surface area contributed by atoms with Gasteiger partial charge >= 0.3 is 5.97 Å². The Morgan fingerprint density at radius 2 is 2.35 bits per heavy atom. The molecule has 1 N–H and O–H groups in total. The molecular weight excluding hydrogens is 222 g/mol. The Kier molecular flexibility index (Phi) is 2.99. The fourth-order valence-electron chi connectivity index (χ4n) is 1.36. The summed E-state index contributed by atoms with van der Waals surface area (Å²) in [5, 5.41) is 12.7. The summed E-state index contributed by atoms with van der Waals surface area (Å²) < 4.78 is 1.58. The molecule has 0 atom stereocenters. The molecule has 88 valence electrons. The second kappa shape index (κ2) is 4.60. The van der Waals surface area contributed by atoms with E-state index in [1.807, 2.05) is 0 Å². The summed E-state index contributed by atoms with van der Waals surface area (Å²) in [6, 6.07) is 3.46. The van der Waals surface area contributed by atoms with Crippen LogP contribution in [0.5, 0.6) is 0 Å². The molecule has 0 aromatic carbocycles. The quantitative estimate of drug-likeness (QED) is 0.811. The highest BCUT2D eigenvalue weighted by Crippen LogP contribution is 2.11. The Morgan fingerprint density at radius 3 is 3.00 bits per heavy atom. The molecular formula is C10H11N5O2. The average Bonchev–Trinajstić information content (AvgIpc) is 2.82. The van der Waals surface area contributed by atoms with Crippen molar-refractivity contribution in [2.45, 2.75) is 0 Å². The number of nitrogens with zero attached hydrogens (tertiary/aromatic N) is 5. The number of likely N-dealkylation sites (N-methyl/N-ethyl adjacent to an activating group) is 1. The molecule has 0 spiro atoms. The number of aromatic nitrogens is 4. The molecule has 2 aromatic heterocycles. The van der Waals surface area contributed by atoms with Crippen LogP contribution in [-0.2, 0) is 4.79 Å². The van der Waals surface area contributed by atoms with E-state index < -0.39 is 5.97 Å². The number of rotatable bonds is 4. The highest BCUT2D eigenvalue weighted by atomic mass is 16.4. The molecule has 0 fully saturated rings. The van der Waals surface area contributed by atoms with Crippen molar-refractivity contribution in [3.05, 3.63) is 30.9 Å². The lowest BCUT2D eigenvalue weighted by Gasteiger charge is -2.15. The second-order valence-corrected chi connectivity index (χ2v) is 3.43. The summed E-state index contributed by atoms with van der Waals surface area (Å²) in [5.41, 5.74) is 0. The standard InChI is InChI=1S/C10H11N5O2/c1-14(6-10(16)17)8-5-9(12-7-11-8)15-4-2-3-13-15/h2-5,7H,6H2,1H3,(H,16,17). The van der Waals surface area contributed by atoms with E-state index in [9.17, 15) is 4.79 Å². The molecule has 0 amide bonds. The maximum atomic E-state index is 10.6. The summed E-state index contributed by atoms with van der Waals surface area (Å²) in [5.74, 6) is 0.219. The van der Waals surface area contributed by atoms with Crippen molar-refractivity contribution in [1.29, 1.82) is 0 Å². The molecule has 0 saturated heterocycles. The van der Waals surface area contributed by atoms with Gasteiger partial charge in [0.25, 0.3) is 0 Å². The normalized spacial score (nSPS) is 10.2. The molecule has 0 bridgehead atoms. The molecule has 0 aliphatic heterocycles. The van der Waals surface area contributed by atoms with E-state index in [2.05, 4.69) is 15.1 Å². The Balaban J connectivity index is 2.25. The van der Waals surface area contributed by atoms with Crippen LogP contribution in [0.2, 0.25) is 0 Å². The summed E-state index contributed by atoms with van der Waals surface area (Å²) in [6.07, 6.45) is 4.77. The zero-order chi connectivity index (χ0) is 12.3. The zero-order valence-corrected chi connectivity index (χ0v) is 9.19. The first kappa shape index (κ1) is 11.1. The van der Waals surface area contributed by atoms with Gasteiger partial charge in [0.15, 0.2) is 5.82 Å². The van der Waals surface area contributed by atoms with E-state index in [1.165, 1.54) is 11.2 Å². The van der Waals surface area contributed by atoms with E-state index in [0.717, 1.165) is 0 Å². The van der Waals surface area contributed by atoms with Gasteiger partial charge in [-0.1, -0.05) is 0 Å². The molecule has 2 heterocycles. The fourth-order valence-corrected chi connectivity index (χ4v) is 1.36. The number of hydrogen-bond acceptors (Lipinski definition) is 5. The van der Waals surface area contributed by atoms with E-state index in [-0.39, 0.29) is 6.54 Å². The van der Waals surface area contributed by atoms with Crippen molar-refractivity contribution in [2.24, 2.45) is 0 Å². The van der Waals surface area contributed by atoms with Gasteiger partial charge in [0.2, 0.25) is 0 Å². The van der Waals surface area contributed by atoms with Crippen LogP contribution in [0, 0.1) is 0 Å². The van der Waals surface area contributed by atoms with Crippen LogP contribution in [-0.4, -0.2) is 44.4 Å². The van der Waals surface area contributed by atoms with Gasteiger partial charge in [0.05, 0.1) is 0 Å². The second-order valence-electron chi connectivity index (χ2n) is 3.43. The first-order chi connectivity index (χ1) is 8.16. The lowest BCUT2D eigenvalue weighted by Crippen LogP contribution is -2.26. The Hall–Kier alpha value is -2.44.